The predicted molar refractivity (Wildman–Crippen MR) is 418 cm³/mol. The summed E-state index contributed by atoms with van der Waals surface area (Å²) >= 11 is 0. The van der Waals surface area contributed by atoms with E-state index in [1.54, 1.807) is 13.0 Å². The van der Waals surface area contributed by atoms with Gasteiger partial charge in [-0.05, 0) is 175 Å². The first kappa shape index (κ1) is 58.4. The van der Waals surface area contributed by atoms with E-state index in [4.69, 9.17) is 0 Å². The molecule has 0 unspecified atom stereocenters. The van der Waals surface area contributed by atoms with Gasteiger partial charge in [0.25, 0.3) is 0 Å². The fourth-order valence-corrected chi connectivity index (χ4v) is 17.3. The lowest BCUT2D eigenvalue weighted by molar-refractivity contribution is -0.137. The Labute approximate surface area is 587 Å². The van der Waals surface area contributed by atoms with Gasteiger partial charge in [0.05, 0.1) is 94.8 Å². The number of rotatable bonds is 8. The van der Waals surface area contributed by atoms with Crippen LogP contribution in [0.1, 0.15) is 16.7 Å². The van der Waals surface area contributed by atoms with Crippen molar-refractivity contribution in [1.29, 1.82) is 5.26 Å². The maximum absolute atomic E-state index is 15.7. The van der Waals surface area contributed by atoms with Crippen LogP contribution in [0.4, 0.5) is 13.2 Å². The van der Waals surface area contributed by atoms with Crippen LogP contribution >= 0.6 is 0 Å². The van der Waals surface area contributed by atoms with E-state index in [1.807, 2.05) is 36.4 Å². The van der Waals surface area contributed by atoms with E-state index in [9.17, 15) is 5.26 Å². The van der Waals surface area contributed by atoms with Crippen molar-refractivity contribution in [2.45, 2.75) is 13.1 Å². The lowest BCUT2D eigenvalue weighted by Crippen LogP contribution is -2.08. The smallest absolute Gasteiger partial charge is 0.309 e. The number of hydrogen-bond acceptors (Lipinski definition) is 1. The summed E-state index contributed by atoms with van der Waals surface area (Å²) in [6.45, 7) is 1.75. The van der Waals surface area contributed by atoms with Crippen LogP contribution in [0.15, 0.2) is 322 Å². The highest BCUT2D eigenvalue weighted by atomic mass is 19.4. The average Bonchev–Trinajstić information content (AvgIpc) is 1.58. The largest absolute Gasteiger partial charge is 0.417 e. The highest BCUT2D eigenvalue weighted by molar-refractivity contribution is 6.17. The number of hydrogen-bond donors (Lipinski definition) is 0. The highest BCUT2D eigenvalue weighted by Gasteiger charge is 2.35. The van der Waals surface area contributed by atoms with E-state index in [0.29, 0.717) is 33.5 Å². The van der Waals surface area contributed by atoms with Gasteiger partial charge in [0, 0.05) is 98.5 Å². The van der Waals surface area contributed by atoms with Gasteiger partial charge in [0.1, 0.15) is 0 Å². The molecule has 103 heavy (non-hydrogen) atoms. The topological polar surface area (TPSA) is 53.4 Å². The van der Waals surface area contributed by atoms with Crippen LogP contribution in [-0.4, -0.2) is 27.4 Å². The van der Waals surface area contributed by atoms with Gasteiger partial charge in [-0.3, -0.25) is 0 Å². The molecule has 0 radical (unpaired) electrons. The van der Waals surface area contributed by atoms with Crippen LogP contribution in [0.3, 0.4) is 0 Å². The monoisotopic (exact) mass is 1330 g/mol. The van der Waals surface area contributed by atoms with E-state index in [-0.39, 0.29) is 5.56 Å². The Morgan fingerprint density at radius 2 is 0.573 bits per heavy atom. The van der Waals surface area contributed by atoms with E-state index in [1.165, 1.54) is 12.1 Å². The van der Waals surface area contributed by atoms with Crippen LogP contribution in [0, 0.1) is 18.3 Å². The average molecular weight is 1330 g/mol. The van der Waals surface area contributed by atoms with Gasteiger partial charge < -0.3 is 27.4 Å². The van der Waals surface area contributed by atoms with E-state index in [0.717, 1.165) is 159 Å². The zero-order valence-corrected chi connectivity index (χ0v) is 55.4. The van der Waals surface area contributed by atoms with Crippen molar-refractivity contribution in [3.8, 4) is 62.4 Å². The number of nitrogens with zero attached hydrogens (tertiary/aromatic N) is 7. The minimum atomic E-state index is -4.67. The van der Waals surface area contributed by atoms with Crippen LogP contribution in [0.25, 0.3) is 187 Å². The molecular formula is C93H56F3N7. The third-order valence-electron chi connectivity index (χ3n) is 21.6. The predicted octanol–water partition coefficient (Wildman–Crippen LogP) is 24.8. The fourth-order valence-electron chi connectivity index (χ4n) is 17.3. The maximum atomic E-state index is 15.7. The molecule has 10 heteroatoms. The van der Waals surface area contributed by atoms with Crippen LogP contribution in [0.5, 0.6) is 0 Å². The zero-order chi connectivity index (χ0) is 68.5. The lowest BCUT2D eigenvalue weighted by atomic mass is 9.90. The van der Waals surface area contributed by atoms with Gasteiger partial charge in [-0.15, -0.1) is 0 Å². The summed E-state index contributed by atoms with van der Waals surface area (Å²) in [4.78, 5) is 0. The Bertz CT molecular complexity index is 6720. The molecule has 0 aliphatic carbocycles. The molecule has 0 saturated carbocycles. The SMILES string of the molecule is Cc1cccc(C(F)(F)F)c1-c1ccc(-n2c3ccc(-n4c5ccccc5c5ccccc54)cc3c3cc(-n4c5ccccc5c5ccccc54)ccc32)c(-c2ccc(C#N)cc2-n2c3ccc(-n4c5ccccc5c5ccccc54)cc3c3cc(-n4c5ccccc5c5ccccc54)ccc32)c1. The molecule has 0 saturated heterocycles. The summed E-state index contributed by atoms with van der Waals surface area (Å²) in [5.74, 6) is 0. The van der Waals surface area contributed by atoms with Crippen molar-refractivity contribution in [2.24, 2.45) is 0 Å². The van der Waals surface area contributed by atoms with Crippen molar-refractivity contribution < 1.29 is 13.2 Å². The van der Waals surface area contributed by atoms with Gasteiger partial charge in [0.2, 0.25) is 0 Å². The molecule has 0 atom stereocenters. The molecule has 0 bridgehead atoms. The molecule has 0 aliphatic heterocycles. The van der Waals surface area contributed by atoms with E-state index >= 15 is 13.2 Å². The molecule has 6 heterocycles. The van der Waals surface area contributed by atoms with Crippen LogP contribution < -0.4 is 0 Å². The van der Waals surface area contributed by atoms with Crippen molar-refractivity contribution >= 4 is 131 Å². The summed E-state index contributed by atoms with van der Waals surface area (Å²) in [5.41, 5.74) is 19.5. The Morgan fingerprint density at radius 1 is 0.262 bits per heavy atom. The number of benzene rings is 15. The second-order valence-electron chi connectivity index (χ2n) is 27.0. The molecule has 15 aromatic carbocycles. The Kier molecular flexibility index (Phi) is 12.4. The zero-order valence-electron chi connectivity index (χ0n) is 55.4. The third kappa shape index (κ3) is 8.51. The van der Waals surface area contributed by atoms with Crippen molar-refractivity contribution in [2.75, 3.05) is 0 Å². The van der Waals surface area contributed by atoms with Crippen molar-refractivity contribution in [1.82, 2.24) is 27.4 Å². The summed E-state index contributed by atoms with van der Waals surface area (Å²) in [6.07, 6.45) is -4.67. The first-order valence-electron chi connectivity index (χ1n) is 34.6. The second kappa shape index (κ2) is 21.9. The quantitative estimate of drug-likeness (QED) is 0.150. The molecule has 0 spiro atoms. The Morgan fingerprint density at radius 3 is 0.893 bits per heavy atom. The molecule has 6 aromatic heterocycles. The minimum Gasteiger partial charge on any atom is -0.309 e. The van der Waals surface area contributed by atoms with Crippen molar-refractivity contribution in [3.05, 3.63) is 338 Å². The van der Waals surface area contributed by atoms with Gasteiger partial charge >= 0.3 is 6.18 Å². The molecule has 0 aliphatic rings. The molecule has 0 amide bonds. The van der Waals surface area contributed by atoms with Gasteiger partial charge in [0.15, 0.2) is 0 Å². The van der Waals surface area contributed by atoms with Crippen LogP contribution in [-0.2, 0) is 6.18 Å². The standard InChI is InChI=1S/C93H56F3N7/c1-56-19-18-28-77(93(94,95)96)92(56)58-38-44-86(102-87-45-39-59(98-78-29-10-2-20-63(78)64-21-3-11-30-79(64)98)51-73(87)74-52-60(40-46-88(74)102)99-80-31-12-4-22-65(80)66-23-5-13-32-81(66)99)72(50-58)71-43-37-57(55-97)49-91(71)103-89-47-41-61(100-82-33-14-6-24-67(82)68-25-7-15-34-83(68)100)53-75(89)76-54-62(42-48-90(76)103)101-84-35-16-8-26-69(84)70-27-9-17-36-85(70)101/h2-54H,1H3. The number of fused-ring (bicyclic) bond motifs is 18. The number of alkyl halides is 3. The molecule has 21 aromatic rings. The first-order chi connectivity index (χ1) is 50.6. The Balaban J connectivity index is 0.868. The molecular weight excluding hydrogens is 1270 g/mol. The second-order valence-corrected chi connectivity index (χ2v) is 27.0. The normalized spacial score (nSPS) is 12.3. The number of nitriles is 1. The van der Waals surface area contributed by atoms with Gasteiger partial charge in [-0.25, -0.2) is 0 Å². The van der Waals surface area contributed by atoms with Gasteiger partial charge in [-0.1, -0.05) is 170 Å². The molecule has 0 N–H and O–H groups in total. The fraction of sp³-hybridized carbons (Fsp3) is 0.0215. The molecule has 484 valence electrons. The minimum absolute atomic E-state index is 0.0962. The molecule has 7 nitrogen and oxygen atoms in total. The summed E-state index contributed by atoms with van der Waals surface area (Å²) < 4.78 is 61.1. The van der Waals surface area contributed by atoms with Gasteiger partial charge in [-0.2, -0.15) is 18.4 Å². The number of aryl methyl sites for hydroxylation is 1. The van der Waals surface area contributed by atoms with Crippen molar-refractivity contribution in [3.63, 3.8) is 0 Å². The summed E-state index contributed by atoms with van der Waals surface area (Å²) in [7, 11) is 0. The number of halogens is 3. The highest BCUT2D eigenvalue weighted by Crippen LogP contribution is 2.48. The first-order valence-corrected chi connectivity index (χ1v) is 34.6. The number of para-hydroxylation sites is 8. The maximum Gasteiger partial charge on any atom is 0.417 e. The third-order valence-corrected chi connectivity index (χ3v) is 21.6. The molecule has 21 rings (SSSR count). The molecule has 0 fully saturated rings. The Hall–Kier alpha value is -13.6. The number of aromatic nitrogens is 6. The summed E-state index contributed by atoms with van der Waals surface area (Å²) in [6, 6.07) is 113. The summed E-state index contributed by atoms with van der Waals surface area (Å²) in [5, 5.41) is 24.3. The van der Waals surface area contributed by atoms with Crippen LogP contribution in [0.2, 0.25) is 0 Å². The lowest BCUT2D eigenvalue weighted by Gasteiger charge is -2.22. The van der Waals surface area contributed by atoms with E-state index < -0.39 is 11.7 Å². The van der Waals surface area contributed by atoms with E-state index in [2.05, 4.69) is 300 Å².